The fraction of sp³-hybridized carbons (Fsp3) is 0.174. The van der Waals surface area contributed by atoms with Crippen molar-refractivity contribution in [2.45, 2.75) is 25.3 Å². The Bertz CT molecular complexity index is 1550. The third kappa shape index (κ3) is 5.27. The summed E-state index contributed by atoms with van der Waals surface area (Å²) in [6.45, 7) is -0.423. The fourth-order valence-corrected chi connectivity index (χ4v) is 3.58. The first kappa shape index (κ1) is 25.7. The van der Waals surface area contributed by atoms with Crippen molar-refractivity contribution in [2.24, 2.45) is 0 Å². The van der Waals surface area contributed by atoms with Crippen LogP contribution in [0, 0.1) is 5.82 Å². The Kier molecular flexibility index (Phi) is 6.67. The molecule has 7 nitrogen and oxygen atoms in total. The molecule has 0 atom stereocenters. The Hall–Kier alpha value is -4.36. The number of benzene rings is 1. The topological polar surface area (TPSA) is 89.8 Å². The number of fused-ring (bicyclic) bond motifs is 1. The molecule has 3 aromatic heterocycles. The van der Waals surface area contributed by atoms with Crippen molar-refractivity contribution in [2.75, 3.05) is 5.32 Å². The van der Waals surface area contributed by atoms with Gasteiger partial charge in [-0.2, -0.15) is 26.3 Å². The van der Waals surface area contributed by atoms with Crippen molar-refractivity contribution in [1.29, 1.82) is 0 Å². The van der Waals surface area contributed by atoms with E-state index in [2.05, 4.69) is 15.0 Å². The van der Waals surface area contributed by atoms with E-state index in [9.17, 15) is 40.3 Å². The van der Waals surface area contributed by atoms with Gasteiger partial charge < -0.3 is 5.32 Å². The minimum atomic E-state index is -5.26. The summed E-state index contributed by atoms with van der Waals surface area (Å²) in [5.74, 6) is -3.42. The molecule has 1 N–H and O–H groups in total. The normalized spacial score (nSPS) is 12.1. The van der Waals surface area contributed by atoms with Crippen LogP contribution in [0.15, 0.2) is 59.7 Å². The third-order valence-electron chi connectivity index (χ3n) is 5.23. The van der Waals surface area contributed by atoms with Crippen LogP contribution in [0.4, 0.5) is 36.4 Å². The Labute approximate surface area is 202 Å². The standard InChI is InChI=1S/C23H14F7N5O2/c24-13-5-2-1-4-12(13)8-11-35-19(17-15(6-3-9-31-17)34-21(37)23(28,29)30)33-14-7-10-32-18(22(25,26)27)16(14)20(35)36/h1-7,9-10H,8,11H2,(H,34,37). The zero-order valence-electron chi connectivity index (χ0n) is 18.4. The van der Waals surface area contributed by atoms with Crippen molar-refractivity contribution < 1.29 is 35.5 Å². The first-order valence-corrected chi connectivity index (χ1v) is 10.4. The lowest BCUT2D eigenvalue weighted by Gasteiger charge is -2.17. The van der Waals surface area contributed by atoms with E-state index in [0.717, 1.165) is 35.2 Å². The number of nitrogens with one attached hydrogen (secondary N) is 1. The molecular weight excluding hydrogens is 511 g/mol. The molecule has 0 aliphatic heterocycles. The Morgan fingerprint density at radius 1 is 0.946 bits per heavy atom. The number of aromatic nitrogens is 4. The van der Waals surface area contributed by atoms with Gasteiger partial charge in [-0.05, 0) is 36.2 Å². The van der Waals surface area contributed by atoms with Gasteiger partial charge >= 0.3 is 18.3 Å². The molecule has 0 aliphatic carbocycles. The number of pyridine rings is 2. The van der Waals surface area contributed by atoms with Crippen molar-refractivity contribution in [3.63, 3.8) is 0 Å². The molecule has 4 aromatic rings. The maximum absolute atomic E-state index is 14.2. The number of halogens is 7. The second-order valence-corrected chi connectivity index (χ2v) is 7.64. The van der Waals surface area contributed by atoms with E-state index in [4.69, 9.17) is 0 Å². The van der Waals surface area contributed by atoms with Gasteiger partial charge in [-0.15, -0.1) is 0 Å². The first-order chi connectivity index (χ1) is 17.4. The van der Waals surface area contributed by atoms with E-state index >= 15 is 0 Å². The highest BCUT2D eigenvalue weighted by atomic mass is 19.4. The molecule has 0 radical (unpaired) electrons. The van der Waals surface area contributed by atoms with Crippen LogP contribution in [0.3, 0.4) is 0 Å². The van der Waals surface area contributed by atoms with Gasteiger partial charge in [-0.3, -0.25) is 24.1 Å². The van der Waals surface area contributed by atoms with Crippen molar-refractivity contribution in [1.82, 2.24) is 19.5 Å². The molecule has 4 rings (SSSR count). The van der Waals surface area contributed by atoms with E-state index in [-0.39, 0.29) is 12.0 Å². The van der Waals surface area contributed by atoms with Crippen molar-refractivity contribution in [3.05, 3.63) is 82.3 Å². The minimum absolute atomic E-state index is 0.120. The summed E-state index contributed by atoms with van der Waals surface area (Å²) in [7, 11) is 0. The average Bonchev–Trinajstić information content (AvgIpc) is 2.83. The molecule has 3 heterocycles. The largest absolute Gasteiger partial charge is 0.471 e. The summed E-state index contributed by atoms with van der Waals surface area (Å²) >= 11 is 0. The lowest BCUT2D eigenvalue weighted by molar-refractivity contribution is -0.167. The molecule has 0 fully saturated rings. The lowest BCUT2D eigenvalue weighted by Crippen LogP contribution is -2.31. The summed E-state index contributed by atoms with van der Waals surface area (Å²) in [6, 6.07) is 8.74. The number of amides is 1. The molecular formula is C23H14F7N5O2. The number of carbonyl (C=O) groups is 1. The van der Waals surface area contributed by atoms with E-state index < -0.39 is 70.0 Å². The molecule has 1 amide bonds. The van der Waals surface area contributed by atoms with Crippen LogP contribution >= 0.6 is 0 Å². The third-order valence-corrected chi connectivity index (χ3v) is 5.23. The van der Waals surface area contributed by atoms with Gasteiger partial charge in [0.25, 0.3) is 5.56 Å². The van der Waals surface area contributed by atoms with E-state index in [1.807, 2.05) is 0 Å². The van der Waals surface area contributed by atoms with Gasteiger partial charge in [0.1, 0.15) is 11.5 Å². The zero-order chi connectivity index (χ0) is 27.0. The number of rotatable bonds is 5. The maximum Gasteiger partial charge on any atom is 0.471 e. The monoisotopic (exact) mass is 525 g/mol. The second-order valence-electron chi connectivity index (χ2n) is 7.64. The minimum Gasteiger partial charge on any atom is -0.316 e. The number of anilines is 1. The van der Waals surface area contributed by atoms with Gasteiger partial charge in [0.05, 0.1) is 16.6 Å². The number of carbonyl (C=O) groups excluding carboxylic acids is 1. The van der Waals surface area contributed by atoms with Crippen molar-refractivity contribution in [3.8, 4) is 11.5 Å². The zero-order valence-corrected chi connectivity index (χ0v) is 18.4. The fourth-order valence-electron chi connectivity index (χ4n) is 3.58. The summed E-state index contributed by atoms with van der Waals surface area (Å²) in [6.07, 6.45) is -8.57. The summed E-state index contributed by atoms with van der Waals surface area (Å²) in [4.78, 5) is 36.2. The molecule has 14 heteroatoms. The highest BCUT2D eigenvalue weighted by Gasteiger charge is 2.39. The number of hydrogen-bond acceptors (Lipinski definition) is 5. The van der Waals surface area contributed by atoms with Crippen LogP contribution in [-0.4, -0.2) is 31.6 Å². The molecule has 37 heavy (non-hydrogen) atoms. The molecule has 0 bridgehead atoms. The molecule has 0 saturated heterocycles. The first-order valence-electron chi connectivity index (χ1n) is 10.4. The Morgan fingerprint density at radius 3 is 2.35 bits per heavy atom. The predicted molar refractivity (Wildman–Crippen MR) is 117 cm³/mol. The van der Waals surface area contributed by atoms with Gasteiger partial charge in [-0.1, -0.05) is 18.2 Å². The predicted octanol–water partition coefficient (Wildman–Crippen LogP) is 4.75. The Balaban J connectivity index is 1.95. The van der Waals surface area contributed by atoms with Crippen LogP contribution in [-0.2, 0) is 23.9 Å². The van der Waals surface area contributed by atoms with E-state index in [1.54, 1.807) is 5.32 Å². The van der Waals surface area contributed by atoms with Crippen LogP contribution < -0.4 is 10.9 Å². The van der Waals surface area contributed by atoms with Gasteiger partial charge in [0, 0.05) is 18.9 Å². The molecule has 192 valence electrons. The van der Waals surface area contributed by atoms with Crippen LogP contribution in [0.1, 0.15) is 11.3 Å². The molecule has 1 aromatic carbocycles. The smallest absolute Gasteiger partial charge is 0.316 e. The van der Waals surface area contributed by atoms with Crippen molar-refractivity contribution >= 4 is 22.5 Å². The number of aryl methyl sites for hydroxylation is 1. The number of nitrogens with zero attached hydrogens (tertiary/aromatic N) is 4. The van der Waals surface area contributed by atoms with Crippen LogP contribution in [0.25, 0.3) is 22.4 Å². The molecule has 0 spiro atoms. The lowest BCUT2D eigenvalue weighted by atomic mass is 10.1. The highest BCUT2D eigenvalue weighted by molar-refractivity contribution is 5.97. The SMILES string of the molecule is O=C(Nc1cccnc1-c1nc2ccnc(C(F)(F)F)c2c(=O)n1CCc1ccccc1F)C(F)(F)F. The highest BCUT2D eigenvalue weighted by Crippen LogP contribution is 2.33. The van der Waals surface area contributed by atoms with Crippen LogP contribution in [0.2, 0.25) is 0 Å². The molecule has 0 unspecified atom stereocenters. The summed E-state index contributed by atoms with van der Waals surface area (Å²) in [5, 5.41) is 0.743. The summed E-state index contributed by atoms with van der Waals surface area (Å²) < 4.78 is 94.4. The van der Waals surface area contributed by atoms with Gasteiger partial charge in [0.15, 0.2) is 11.5 Å². The van der Waals surface area contributed by atoms with Gasteiger partial charge in [0.2, 0.25) is 0 Å². The Morgan fingerprint density at radius 2 is 1.68 bits per heavy atom. The van der Waals surface area contributed by atoms with Gasteiger partial charge in [-0.25, -0.2) is 9.37 Å². The number of hydrogen-bond donors (Lipinski definition) is 1. The van der Waals surface area contributed by atoms with E-state index in [1.165, 1.54) is 24.3 Å². The average molecular weight is 525 g/mol. The quantitative estimate of drug-likeness (QED) is 0.380. The van der Waals surface area contributed by atoms with Crippen LogP contribution in [0.5, 0.6) is 0 Å². The maximum atomic E-state index is 14.2. The van der Waals surface area contributed by atoms with E-state index in [0.29, 0.717) is 0 Å². The summed E-state index contributed by atoms with van der Waals surface area (Å²) in [5.41, 5.74) is -3.99. The molecule has 0 saturated carbocycles. The molecule has 0 aliphatic rings. The second kappa shape index (κ2) is 9.59. The number of alkyl halides is 6.